The molecule has 34 heavy (non-hydrogen) atoms. The molecule has 1 atom stereocenters. The molecule has 0 amide bonds. The number of ether oxygens (including phenoxy) is 3. The molecule has 0 spiro atoms. The fraction of sp³-hybridized carbons (Fsp3) is 0.296. The molecule has 1 aliphatic heterocycles. The minimum atomic E-state index is -0.407. The number of phenols is 1. The highest BCUT2D eigenvalue weighted by Crippen LogP contribution is 2.43. The van der Waals surface area contributed by atoms with Gasteiger partial charge in [-0.25, -0.2) is 4.79 Å². The molecule has 176 valence electrons. The number of aromatic hydroxyl groups is 1. The predicted octanol–water partition coefficient (Wildman–Crippen LogP) is 4.40. The zero-order valence-electron chi connectivity index (χ0n) is 19.5. The lowest BCUT2D eigenvalue weighted by Crippen LogP contribution is -2.39. The maximum Gasteiger partial charge on any atom is 0.336 e. The van der Waals surface area contributed by atoms with Gasteiger partial charge in [0.1, 0.15) is 22.8 Å². The molecule has 3 aromatic carbocycles. The monoisotopic (exact) mass is 461 g/mol. The van der Waals surface area contributed by atoms with Crippen LogP contribution in [-0.2, 0) is 4.74 Å². The molecular formula is C27H27NO6. The first kappa shape index (κ1) is 22.3. The Labute approximate surface area is 197 Å². The SMILES string of the molecule is COc1ccc(C(c2ccc3c(ccc4c(C)cc(=O)oc43)c2O)N2CCOCC2)c(OC)c1. The maximum atomic E-state index is 12.1. The predicted molar refractivity (Wildman–Crippen MR) is 130 cm³/mol. The molecule has 5 rings (SSSR count). The number of phenolic OH excluding ortho intramolecular Hbond substituents is 1. The van der Waals surface area contributed by atoms with Gasteiger partial charge in [0.25, 0.3) is 0 Å². The molecule has 0 radical (unpaired) electrons. The highest BCUT2D eigenvalue weighted by atomic mass is 16.5. The maximum absolute atomic E-state index is 12.1. The van der Waals surface area contributed by atoms with E-state index in [-0.39, 0.29) is 11.8 Å². The molecule has 1 unspecified atom stereocenters. The number of aryl methyl sites for hydroxylation is 1. The Hall–Kier alpha value is -3.55. The van der Waals surface area contributed by atoms with E-state index >= 15 is 0 Å². The Balaban J connectivity index is 1.74. The fourth-order valence-corrected chi connectivity index (χ4v) is 4.85. The number of methoxy groups -OCH3 is 2. The van der Waals surface area contributed by atoms with Crippen molar-refractivity contribution in [2.45, 2.75) is 13.0 Å². The Bertz CT molecular complexity index is 1420. The van der Waals surface area contributed by atoms with Crippen molar-refractivity contribution in [2.75, 3.05) is 40.5 Å². The summed E-state index contributed by atoms with van der Waals surface area (Å²) in [7, 11) is 3.25. The van der Waals surface area contributed by atoms with E-state index in [9.17, 15) is 9.90 Å². The summed E-state index contributed by atoms with van der Waals surface area (Å²) in [5, 5.41) is 13.7. The van der Waals surface area contributed by atoms with Gasteiger partial charge in [0, 0.05) is 52.5 Å². The van der Waals surface area contributed by atoms with Crippen LogP contribution in [0.15, 0.2) is 57.7 Å². The van der Waals surface area contributed by atoms with Crippen molar-refractivity contribution in [3.63, 3.8) is 0 Å². The zero-order valence-corrected chi connectivity index (χ0v) is 19.5. The Kier molecular flexibility index (Phi) is 5.89. The number of hydrogen-bond acceptors (Lipinski definition) is 7. The van der Waals surface area contributed by atoms with E-state index in [1.807, 2.05) is 49.4 Å². The van der Waals surface area contributed by atoms with Crippen molar-refractivity contribution < 1.29 is 23.7 Å². The Morgan fingerprint density at radius 1 is 0.912 bits per heavy atom. The van der Waals surface area contributed by atoms with Crippen LogP contribution in [0.3, 0.4) is 0 Å². The van der Waals surface area contributed by atoms with Gasteiger partial charge < -0.3 is 23.7 Å². The lowest BCUT2D eigenvalue weighted by molar-refractivity contribution is 0.0232. The largest absolute Gasteiger partial charge is 0.507 e. The minimum absolute atomic E-state index is 0.151. The second-order valence-electron chi connectivity index (χ2n) is 8.45. The van der Waals surface area contributed by atoms with Crippen LogP contribution in [0.4, 0.5) is 0 Å². The molecule has 1 aromatic heterocycles. The number of fused-ring (bicyclic) bond motifs is 3. The summed E-state index contributed by atoms with van der Waals surface area (Å²) in [4.78, 5) is 14.3. The van der Waals surface area contributed by atoms with Gasteiger partial charge in [-0.05, 0) is 36.8 Å². The standard InChI is InChI=1S/C27H27NO6/c1-16-14-24(29)34-27-18(16)6-7-19-20(27)8-9-22(26(19)30)25(28-10-12-33-13-11-28)21-5-4-17(31-2)15-23(21)32-3/h4-9,14-15,25,30H,10-13H2,1-3H3. The molecule has 0 saturated carbocycles. The highest BCUT2D eigenvalue weighted by molar-refractivity contribution is 6.07. The lowest BCUT2D eigenvalue weighted by Gasteiger charge is -2.36. The first-order chi connectivity index (χ1) is 16.5. The quantitative estimate of drug-likeness (QED) is 0.349. The molecule has 7 heteroatoms. The Morgan fingerprint density at radius 2 is 1.62 bits per heavy atom. The first-order valence-corrected chi connectivity index (χ1v) is 11.2. The van der Waals surface area contributed by atoms with Crippen molar-refractivity contribution in [3.05, 3.63) is 75.6 Å². The van der Waals surface area contributed by atoms with Crippen LogP contribution in [0.1, 0.15) is 22.7 Å². The molecule has 1 saturated heterocycles. The van der Waals surface area contributed by atoms with E-state index in [4.69, 9.17) is 18.6 Å². The summed E-state index contributed by atoms with van der Waals surface area (Å²) in [5.41, 5.74) is 2.57. The van der Waals surface area contributed by atoms with Gasteiger partial charge >= 0.3 is 5.63 Å². The van der Waals surface area contributed by atoms with Crippen LogP contribution < -0.4 is 15.1 Å². The second-order valence-corrected chi connectivity index (χ2v) is 8.45. The third kappa shape index (κ3) is 3.77. The average Bonchev–Trinajstić information content (AvgIpc) is 2.86. The van der Waals surface area contributed by atoms with Crippen molar-refractivity contribution in [1.82, 2.24) is 4.90 Å². The zero-order chi connectivity index (χ0) is 23.8. The van der Waals surface area contributed by atoms with Crippen LogP contribution in [0.2, 0.25) is 0 Å². The van der Waals surface area contributed by atoms with Crippen molar-refractivity contribution in [1.29, 1.82) is 0 Å². The molecule has 4 aromatic rings. The van der Waals surface area contributed by atoms with Gasteiger partial charge in [0.15, 0.2) is 0 Å². The van der Waals surface area contributed by atoms with E-state index in [0.29, 0.717) is 54.2 Å². The number of rotatable bonds is 5. The number of nitrogens with zero attached hydrogens (tertiary/aromatic N) is 1. The summed E-state index contributed by atoms with van der Waals surface area (Å²) in [5.74, 6) is 1.52. The second kappa shape index (κ2) is 9.00. The molecule has 7 nitrogen and oxygen atoms in total. The summed E-state index contributed by atoms with van der Waals surface area (Å²) >= 11 is 0. The highest BCUT2D eigenvalue weighted by Gasteiger charge is 2.30. The van der Waals surface area contributed by atoms with Crippen molar-refractivity contribution in [2.24, 2.45) is 0 Å². The molecule has 1 aliphatic rings. The number of benzene rings is 3. The lowest BCUT2D eigenvalue weighted by atomic mass is 9.92. The van der Waals surface area contributed by atoms with E-state index in [0.717, 1.165) is 22.1 Å². The van der Waals surface area contributed by atoms with E-state index < -0.39 is 5.63 Å². The number of hydrogen-bond donors (Lipinski definition) is 1. The molecule has 1 N–H and O–H groups in total. The van der Waals surface area contributed by atoms with Gasteiger partial charge in [-0.1, -0.05) is 12.1 Å². The number of morpholine rings is 1. The van der Waals surface area contributed by atoms with E-state index in [1.54, 1.807) is 14.2 Å². The normalized spacial score (nSPS) is 15.5. The molecule has 0 aliphatic carbocycles. The van der Waals surface area contributed by atoms with Crippen LogP contribution in [0.5, 0.6) is 17.2 Å². The van der Waals surface area contributed by atoms with Gasteiger partial charge in [-0.2, -0.15) is 0 Å². The molecular weight excluding hydrogens is 434 g/mol. The van der Waals surface area contributed by atoms with Crippen LogP contribution in [0.25, 0.3) is 21.7 Å². The summed E-state index contributed by atoms with van der Waals surface area (Å²) in [6.45, 7) is 4.52. The topological polar surface area (TPSA) is 81.4 Å². The van der Waals surface area contributed by atoms with Crippen LogP contribution in [0, 0.1) is 6.92 Å². The summed E-state index contributed by atoms with van der Waals surface area (Å²) in [6.07, 6.45) is 0. The van der Waals surface area contributed by atoms with Crippen LogP contribution >= 0.6 is 0 Å². The van der Waals surface area contributed by atoms with Gasteiger partial charge in [0.2, 0.25) is 0 Å². The average molecular weight is 462 g/mol. The van der Waals surface area contributed by atoms with E-state index in [2.05, 4.69) is 4.90 Å². The third-order valence-electron chi connectivity index (χ3n) is 6.56. The van der Waals surface area contributed by atoms with Crippen molar-refractivity contribution >= 4 is 21.7 Å². The van der Waals surface area contributed by atoms with Gasteiger partial charge in [-0.3, -0.25) is 4.90 Å². The minimum Gasteiger partial charge on any atom is -0.507 e. The Morgan fingerprint density at radius 3 is 2.35 bits per heavy atom. The van der Waals surface area contributed by atoms with Gasteiger partial charge in [-0.15, -0.1) is 0 Å². The summed E-state index contributed by atoms with van der Waals surface area (Å²) in [6, 6.07) is 14.5. The fourth-order valence-electron chi connectivity index (χ4n) is 4.85. The smallest absolute Gasteiger partial charge is 0.336 e. The third-order valence-corrected chi connectivity index (χ3v) is 6.56. The summed E-state index contributed by atoms with van der Waals surface area (Å²) < 4.78 is 22.2. The van der Waals surface area contributed by atoms with Gasteiger partial charge in [0.05, 0.1) is 33.5 Å². The van der Waals surface area contributed by atoms with Crippen molar-refractivity contribution in [3.8, 4) is 17.2 Å². The first-order valence-electron chi connectivity index (χ1n) is 11.2. The molecule has 1 fully saturated rings. The molecule has 0 bridgehead atoms. The molecule has 2 heterocycles. The van der Waals surface area contributed by atoms with Crippen LogP contribution in [-0.4, -0.2) is 50.5 Å². The van der Waals surface area contributed by atoms with E-state index in [1.165, 1.54) is 6.07 Å².